The van der Waals surface area contributed by atoms with Crippen LogP contribution in [0.4, 0.5) is 5.69 Å². The first kappa shape index (κ1) is 13.4. The number of nitrogens with two attached hydrogens (primary N) is 1. The standard InChI is InChI=1S/C15H21N3O2/c1-10(19)15-17-13-8-12(16)2-3-14(13)18(15)6-4-11-5-7-20-9-11/h2-3,8,10-11,19H,4-7,9,16H2,1H3. The number of rotatable bonds is 4. The number of aryl methyl sites for hydroxylation is 1. The van der Waals surface area contributed by atoms with E-state index in [1.54, 1.807) is 6.92 Å². The summed E-state index contributed by atoms with van der Waals surface area (Å²) in [7, 11) is 0. The molecule has 1 aliphatic rings. The van der Waals surface area contributed by atoms with Gasteiger partial charge in [0.2, 0.25) is 0 Å². The van der Waals surface area contributed by atoms with Crippen molar-refractivity contribution in [3.05, 3.63) is 24.0 Å². The van der Waals surface area contributed by atoms with Crippen LogP contribution in [0.1, 0.15) is 31.7 Å². The average molecular weight is 275 g/mol. The molecule has 0 aliphatic carbocycles. The van der Waals surface area contributed by atoms with Gasteiger partial charge < -0.3 is 20.1 Å². The number of aliphatic hydroxyl groups excluding tert-OH is 1. The Labute approximate surface area is 118 Å². The summed E-state index contributed by atoms with van der Waals surface area (Å²) in [6.45, 7) is 4.33. The van der Waals surface area contributed by atoms with Crippen molar-refractivity contribution < 1.29 is 9.84 Å². The van der Waals surface area contributed by atoms with Crippen molar-refractivity contribution >= 4 is 16.7 Å². The van der Waals surface area contributed by atoms with Crippen LogP contribution in [0.15, 0.2) is 18.2 Å². The highest BCUT2D eigenvalue weighted by molar-refractivity contribution is 5.79. The van der Waals surface area contributed by atoms with Crippen molar-refractivity contribution in [2.24, 2.45) is 5.92 Å². The van der Waals surface area contributed by atoms with Gasteiger partial charge >= 0.3 is 0 Å². The maximum atomic E-state index is 9.93. The van der Waals surface area contributed by atoms with Gasteiger partial charge in [-0.15, -0.1) is 0 Å². The van der Waals surface area contributed by atoms with Crippen LogP contribution in [0.3, 0.4) is 0 Å². The van der Waals surface area contributed by atoms with E-state index >= 15 is 0 Å². The lowest BCUT2D eigenvalue weighted by Gasteiger charge is -2.13. The summed E-state index contributed by atoms with van der Waals surface area (Å²) in [6.07, 6.45) is 1.60. The maximum Gasteiger partial charge on any atom is 0.138 e. The largest absolute Gasteiger partial charge is 0.399 e. The number of imidazole rings is 1. The van der Waals surface area contributed by atoms with E-state index in [0.29, 0.717) is 17.4 Å². The molecule has 2 aromatic rings. The van der Waals surface area contributed by atoms with Gasteiger partial charge in [-0.2, -0.15) is 0 Å². The summed E-state index contributed by atoms with van der Waals surface area (Å²) in [5.74, 6) is 1.33. The Morgan fingerprint density at radius 1 is 1.55 bits per heavy atom. The highest BCUT2D eigenvalue weighted by Gasteiger charge is 2.19. The minimum Gasteiger partial charge on any atom is -0.399 e. The van der Waals surface area contributed by atoms with Crippen LogP contribution in [0.5, 0.6) is 0 Å². The molecule has 0 radical (unpaired) electrons. The molecule has 3 rings (SSSR count). The molecule has 0 spiro atoms. The van der Waals surface area contributed by atoms with E-state index in [2.05, 4.69) is 9.55 Å². The van der Waals surface area contributed by atoms with E-state index < -0.39 is 6.10 Å². The quantitative estimate of drug-likeness (QED) is 0.838. The molecular weight excluding hydrogens is 254 g/mol. The van der Waals surface area contributed by atoms with Crippen LogP contribution >= 0.6 is 0 Å². The van der Waals surface area contributed by atoms with Gasteiger partial charge in [-0.3, -0.25) is 0 Å². The average Bonchev–Trinajstić information content (AvgIpc) is 3.02. The number of anilines is 1. The normalized spacial score (nSPS) is 20.6. The Morgan fingerprint density at radius 2 is 2.40 bits per heavy atom. The lowest BCUT2D eigenvalue weighted by molar-refractivity contribution is 0.178. The van der Waals surface area contributed by atoms with E-state index in [-0.39, 0.29) is 0 Å². The number of hydrogen-bond donors (Lipinski definition) is 2. The zero-order valence-electron chi connectivity index (χ0n) is 11.7. The number of hydrogen-bond acceptors (Lipinski definition) is 4. The zero-order valence-corrected chi connectivity index (χ0v) is 11.7. The summed E-state index contributed by atoms with van der Waals surface area (Å²) in [6, 6.07) is 5.72. The lowest BCUT2D eigenvalue weighted by Crippen LogP contribution is -2.11. The van der Waals surface area contributed by atoms with Crippen molar-refractivity contribution in [1.82, 2.24) is 9.55 Å². The highest BCUT2D eigenvalue weighted by Crippen LogP contribution is 2.25. The first-order valence-electron chi connectivity index (χ1n) is 7.16. The minimum atomic E-state index is -0.580. The second kappa shape index (κ2) is 5.42. The molecular formula is C15H21N3O2. The molecule has 1 saturated heterocycles. The number of aromatic nitrogens is 2. The molecule has 0 bridgehead atoms. The summed E-state index contributed by atoms with van der Waals surface area (Å²) < 4.78 is 7.53. The Bertz CT molecular complexity index is 600. The Morgan fingerprint density at radius 3 is 3.10 bits per heavy atom. The van der Waals surface area contributed by atoms with E-state index in [1.807, 2.05) is 18.2 Å². The highest BCUT2D eigenvalue weighted by atomic mass is 16.5. The maximum absolute atomic E-state index is 9.93. The van der Waals surface area contributed by atoms with Crippen LogP contribution in [0.25, 0.3) is 11.0 Å². The molecule has 108 valence electrons. The molecule has 3 N–H and O–H groups in total. The van der Waals surface area contributed by atoms with E-state index in [9.17, 15) is 5.11 Å². The van der Waals surface area contributed by atoms with Gasteiger partial charge in [0, 0.05) is 25.4 Å². The molecule has 5 heteroatoms. The monoisotopic (exact) mass is 275 g/mol. The lowest BCUT2D eigenvalue weighted by atomic mass is 10.1. The molecule has 1 aliphatic heterocycles. The number of fused-ring (bicyclic) bond motifs is 1. The van der Waals surface area contributed by atoms with Crippen LogP contribution < -0.4 is 5.73 Å². The van der Waals surface area contributed by atoms with Crippen molar-refractivity contribution in [1.29, 1.82) is 0 Å². The summed E-state index contributed by atoms with van der Waals surface area (Å²) >= 11 is 0. The smallest absolute Gasteiger partial charge is 0.138 e. The van der Waals surface area contributed by atoms with E-state index in [1.165, 1.54) is 0 Å². The van der Waals surface area contributed by atoms with Gasteiger partial charge in [0.25, 0.3) is 0 Å². The Balaban J connectivity index is 1.91. The zero-order chi connectivity index (χ0) is 14.1. The molecule has 5 nitrogen and oxygen atoms in total. The molecule has 0 amide bonds. The van der Waals surface area contributed by atoms with E-state index in [0.717, 1.165) is 43.6 Å². The number of aliphatic hydroxyl groups is 1. The van der Waals surface area contributed by atoms with E-state index in [4.69, 9.17) is 10.5 Å². The first-order chi connectivity index (χ1) is 9.65. The predicted octanol–water partition coefficient (Wildman–Crippen LogP) is 2.10. The Kier molecular flexibility index (Phi) is 3.63. The minimum absolute atomic E-state index is 0.580. The van der Waals surface area contributed by atoms with Crippen molar-refractivity contribution in [2.75, 3.05) is 18.9 Å². The van der Waals surface area contributed by atoms with Gasteiger partial charge in [-0.1, -0.05) is 0 Å². The fourth-order valence-corrected chi connectivity index (χ4v) is 2.84. The summed E-state index contributed by atoms with van der Waals surface area (Å²) in [5.41, 5.74) is 8.39. The Hall–Kier alpha value is -1.59. The van der Waals surface area contributed by atoms with Gasteiger partial charge in [0.05, 0.1) is 11.0 Å². The third kappa shape index (κ3) is 2.51. The molecule has 20 heavy (non-hydrogen) atoms. The van der Waals surface area contributed by atoms with Crippen molar-refractivity contribution in [2.45, 2.75) is 32.4 Å². The molecule has 2 unspecified atom stereocenters. The summed E-state index contributed by atoms with van der Waals surface area (Å²) in [5, 5.41) is 9.93. The van der Waals surface area contributed by atoms with Gasteiger partial charge in [0.1, 0.15) is 11.9 Å². The van der Waals surface area contributed by atoms with Crippen LogP contribution in [0, 0.1) is 5.92 Å². The second-order valence-corrected chi connectivity index (χ2v) is 5.56. The van der Waals surface area contributed by atoms with Gasteiger partial charge in [-0.05, 0) is 43.9 Å². The molecule has 1 fully saturated rings. The van der Waals surface area contributed by atoms with Gasteiger partial charge in [0.15, 0.2) is 0 Å². The topological polar surface area (TPSA) is 73.3 Å². The molecule has 2 heterocycles. The number of nitrogen functional groups attached to an aromatic ring is 1. The SMILES string of the molecule is CC(O)c1nc2cc(N)ccc2n1CCC1CCOC1. The van der Waals surface area contributed by atoms with Crippen molar-refractivity contribution in [3.8, 4) is 0 Å². The number of benzene rings is 1. The number of nitrogens with zero attached hydrogens (tertiary/aromatic N) is 2. The molecule has 2 atom stereocenters. The van der Waals surface area contributed by atoms with Crippen LogP contribution in [-0.4, -0.2) is 27.9 Å². The third-order valence-electron chi connectivity index (χ3n) is 3.96. The molecule has 0 saturated carbocycles. The predicted molar refractivity (Wildman–Crippen MR) is 78.3 cm³/mol. The second-order valence-electron chi connectivity index (χ2n) is 5.56. The van der Waals surface area contributed by atoms with Crippen LogP contribution in [-0.2, 0) is 11.3 Å². The number of ether oxygens (including phenoxy) is 1. The van der Waals surface area contributed by atoms with Gasteiger partial charge in [-0.25, -0.2) is 4.98 Å². The fourth-order valence-electron chi connectivity index (χ4n) is 2.84. The summed E-state index contributed by atoms with van der Waals surface area (Å²) in [4.78, 5) is 4.52. The van der Waals surface area contributed by atoms with Crippen LogP contribution in [0.2, 0.25) is 0 Å². The fraction of sp³-hybridized carbons (Fsp3) is 0.533. The molecule has 1 aromatic heterocycles. The molecule has 1 aromatic carbocycles. The first-order valence-corrected chi connectivity index (χ1v) is 7.16. The third-order valence-corrected chi connectivity index (χ3v) is 3.96. The van der Waals surface area contributed by atoms with Crippen molar-refractivity contribution in [3.63, 3.8) is 0 Å².